The number of amides is 4. The van der Waals surface area contributed by atoms with Crippen molar-refractivity contribution < 1.29 is 19.2 Å². The molecule has 4 atom stereocenters. The molecule has 17 heteroatoms. The van der Waals surface area contributed by atoms with Crippen LogP contribution in [0.1, 0.15) is 22.8 Å². The molecule has 0 aliphatic rings. The van der Waals surface area contributed by atoms with Gasteiger partial charge in [-0.15, -0.1) is 45.3 Å². The van der Waals surface area contributed by atoms with Crippen LogP contribution in [0.15, 0.2) is 43.6 Å². The lowest BCUT2D eigenvalue weighted by molar-refractivity contribution is -0.133. The van der Waals surface area contributed by atoms with Gasteiger partial charge in [-0.2, -0.15) is 0 Å². The number of thiazole rings is 4. The highest BCUT2D eigenvalue weighted by Crippen LogP contribution is 2.10. The highest BCUT2D eigenvalue weighted by atomic mass is 32.1. The molecule has 216 valence electrons. The van der Waals surface area contributed by atoms with Crippen LogP contribution in [0.2, 0.25) is 0 Å². The van der Waals surface area contributed by atoms with Crippen molar-refractivity contribution in [3.63, 3.8) is 0 Å². The maximum Gasteiger partial charge on any atom is 0.243 e. The van der Waals surface area contributed by atoms with Crippen molar-refractivity contribution in [3.05, 3.63) is 66.3 Å². The van der Waals surface area contributed by atoms with E-state index in [9.17, 15) is 19.2 Å². The second kappa shape index (κ2) is 14.8. The smallest absolute Gasteiger partial charge is 0.243 e. The third-order valence-electron chi connectivity index (χ3n) is 5.87. The minimum Gasteiger partial charge on any atom is -0.368 e. The summed E-state index contributed by atoms with van der Waals surface area (Å²) in [5, 5.41) is 15.1. The summed E-state index contributed by atoms with van der Waals surface area (Å²) in [5.41, 5.74) is 20.5. The predicted octanol–water partition coefficient (Wildman–Crippen LogP) is 0.0502. The lowest BCUT2D eigenvalue weighted by Crippen LogP contribution is -2.59. The SMILES string of the molecule is NC(=O)[C@@H](Cc1cscn1)NC(=O)[C@H](Cc1cscn1)NC(=O)[C@H](Cc1cscn1)NC(=O)[C@@H](N)Cc1cscn1. The average molecular weight is 634 g/mol. The molecule has 0 radical (unpaired) electrons. The van der Waals surface area contributed by atoms with Crippen molar-refractivity contribution >= 4 is 69.0 Å². The first-order chi connectivity index (χ1) is 19.8. The van der Waals surface area contributed by atoms with Gasteiger partial charge in [0.1, 0.15) is 18.1 Å². The Morgan fingerprint density at radius 3 is 1.29 bits per heavy atom. The summed E-state index contributed by atoms with van der Waals surface area (Å²) in [7, 11) is 0. The maximum atomic E-state index is 13.6. The lowest BCUT2D eigenvalue weighted by atomic mass is 10.1. The first-order valence-corrected chi connectivity index (χ1v) is 16.0. The minimum absolute atomic E-state index is 0.0456. The summed E-state index contributed by atoms with van der Waals surface area (Å²) in [6, 6.07) is -4.20. The normalized spacial score (nSPS) is 14.0. The van der Waals surface area contributed by atoms with Gasteiger partial charge < -0.3 is 27.4 Å². The van der Waals surface area contributed by atoms with Crippen LogP contribution in [0.3, 0.4) is 0 Å². The van der Waals surface area contributed by atoms with Crippen LogP contribution in [0.25, 0.3) is 0 Å². The molecule has 41 heavy (non-hydrogen) atoms. The number of nitrogens with one attached hydrogen (secondary N) is 3. The Bertz CT molecular complexity index is 1400. The quantitative estimate of drug-likeness (QED) is 0.120. The van der Waals surface area contributed by atoms with Gasteiger partial charge in [0.2, 0.25) is 23.6 Å². The highest BCUT2D eigenvalue weighted by molar-refractivity contribution is 7.08. The summed E-state index contributed by atoms with van der Waals surface area (Å²) in [4.78, 5) is 68.8. The second-order valence-electron chi connectivity index (χ2n) is 8.93. The zero-order valence-corrected chi connectivity index (χ0v) is 24.7. The van der Waals surface area contributed by atoms with Crippen LogP contribution in [0.5, 0.6) is 0 Å². The van der Waals surface area contributed by atoms with Gasteiger partial charge in [-0.1, -0.05) is 0 Å². The van der Waals surface area contributed by atoms with Crippen LogP contribution < -0.4 is 27.4 Å². The minimum atomic E-state index is -1.12. The fraction of sp³-hybridized carbons (Fsp3) is 0.333. The van der Waals surface area contributed by atoms with Crippen molar-refractivity contribution in [2.45, 2.75) is 49.9 Å². The lowest BCUT2D eigenvalue weighted by Gasteiger charge is -2.25. The number of hydrogen-bond acceptors (Lipinski definition) is 13. The van der Waals surface area contributed by atoms with E-state index < -0.39 is 47.8 Å². The first kappa shape index (κ1) is 30.3. The largest absolute Gasteiger partial charge is 0.368 e. The molecule has 0 saturated heterocycles. The molecule has 7 N–H and O–H groups in total. The van der Waals surface area contributed by atoms with Crippen LogP contribution in [0, 0.1) is 0 Å². The van der Waals surface area contributed by atoms with Crippen molar-refractivity contribution in [2.75, 3.05) is 0 Å². The van der Waals surface area contributed by atoms with Gasteiger partial charge in [-0.25, -0.2) is 19.9 Å². The summed E-state index contributed by atoms with van der Waals surface area (Å²) < 4.78 is 0. The van der Waals surface area contributed by atoms with Crippen molar-refractivity contribution in [3.8, 4) is 0 Å². The van der Waals surface area contributed by atoms with E-state index in [-0.39, 0.29) is 25.7 Å². The van der Waals surface area contributed by atoms with Crippen molar-refractivity contribution in [2.24, 2.45) is 11.5 Å². The van der Waals surface area contributed by atoms with E-state index in [1.54, 1.807) is 43.6 Å². The Hall–Kier alpha value is -3.64. The molecular weight excluding hydrogens is 607 g/mol. The first-order valence-electron chi connectivity index (χ1n) is 12.2. The fourth-order valence-electron chi connectivity index (χ4n) is 3.76. The number of hydrogen-bond donors (Lipinski definition) is 5. The van der Waals surface area contributed by atoms with Gasteiger partial charge in [0, 0.05) is 47.2 Å². The van der Waals surface area contributed by atoms with Crippen LogP contribution in [-0.2, 0) is 44.9 Å². The number of nitrogens with zero attached hydrogens (tertiary/aromatic N) is 4. The molecule has 4 amide bonds. The van der Waals surface area contributed by atoms with E-state index in [2.05, 4.69) is 35.9 Å². The third-order valence-corrected chi connectivity index (χ3v) is 8.41. The van der Waals surface area contributed by atoms with E-state index in [1.807, 2.05) is 0 Å². The summed E-state index contributed by atoms with van der Waals surface area (Å²) in [6.45, 7) is 0. The standard InChI is InChI=1S/C24H27N9O4S4/c25-17(1-13-5-38-9-27-13)22(35)32-19(3-15-7-40-11-29-15)24(37)33-20(4-16-8-41-12-30-16)23(36)31-18(21(26)34)2-14-6-39-10-28-14/h5-12,17-20H,1-4,25H2,(H2,26,34)(H,31,36)(H,32,35)(H,33,37)/t17-,18+,19-,20-/m0/s1. The molecular formula is C24H27N9O4S4. The Morgan fingerprint density at radius 1 is 0.585 bits per heavy atom. The number of aromatic nitrogens is 4. The van der Waals surface area contributed by atoms with Crippen molar-refractivity contribution in [1.82, 2.24) is 35.9 Å². The zero-order valence-electron chi connectivity index (χ0n) is 21.5. The molecule has 13 nitrogen and oxygen atoms in total. The number of primary amides is 1. The Kier molecular flexibility index (Phi) is 11.0. The van der Waals surface area contributed by atoms with Gasteiger partial charge in [0.15, 0.2) is 0 Å². The zero-order chi connectivity index (χ0) is 29.2. The summed E-state index contributed by atoms with van der Waals surface area (Å²) >= 11 is 5.42. The Balaban J connectivity index is 1.49. The summed E-state index contributed by atoms with van der Waals surface area (Å²) in [5.74, 6) is -2.55. The number of nitrogens with two attached hydrogens (primary N) is 2. The molecule has 0 aromatic carbocycles. The highest BCUT2D eigenvalue weighted by Gasteiger charge is 2.31. The molecule has 0 aliphatic carbocycles. The molecule has 4 aromatic heterocycles. The van der Waals surface area contributed by atoms with Crippen LogP contribution in [-0.4, -0.2) is 67.7 Å². The molecule has 0 bridgehead atoms. The fourth-order valence-corrected chi connectivity index (χ4v) is 6.05. The van der Waals surface area contributed by atoms with Crippen LogP contribution >= 0.6 is 45.3 Å². The van der Waals surface area contributed by atoms with E-state index >= 15 is 0 Å². The summed E-state index contributed by atoms with van der Waals surface area (Å²) in [6.07, 6.45) is 0.414. The van der Waals surface area contributed by atoms with E-state index in [0.29, 0.717) is 22.8 Å². The third kappa shape index (κ3) is 9.19. The topological polar surface area (TPSA) is 208 Å². The van der Waals surface area contributed by atoms with Crippen molar-refractivity contribution in [1.29, 1.82) is 0 Å². The predicted molar refractivity (Wildman–Crippen MR) is 156 cm³/mol. The molecule has 0 unspecified atom stereocenters. The molecule has 4 aromatic rings. The monoisotopic (exact) mass is 633 g/mol. The number of carbonyl (C=O) groups excluding carboxylic acids is 4. The number of carbonyl (C=O) groups is 4. The van der Waals surface area contributed by atoms with Crippen LogP contribution in [0.4, 0.5) is 0 Å². The van der Waals surface area contributed by atoms with Gasteiger partial charge >= 0.3 is 0 Å². The second-order valence-corrected chi connectivity index (χ2v) is 11.8. The Labute approximate surface area is 250 Å². The molecule has 0 aliphatic heterocycles. The average Bonchev–Trinajstić information content (AvgIpc) is 3.76. The molecule has 4 heterocycles. The molecule has 0 fully saturated rings. The van der Waals surface area contributed by atoms with Gasteiger partial charge in [-0.05, 0) is 0 Å². The molecule has 0 saturated carbocycles. The van der Waals surface area contributed by atoms with Gasteiger partial charge in [-0.3, -0.25) is 19.2 Å². The van der Waals surface area contributed by atoms with E-state index in [4.69, 9.17) is 11.5 Å². The Morgan fingerprint density at radius 2 is 0.927 bits per heavy atom. The molecule has 4 rings (SSSR count). The van der Waals surface area contributed by atoms with E-state index in [1.165, 1.54) is 45.3 Å². The van der Waals surface area contributed by atoms with Gasteiger partial charge in [0.05, 0.1) is 50.9 Å². The van der Waals surface area contributed by atoms with Gasteiger partial charge in [0.25, 0.3) is 0 Å². The molecule has 0 spiro atoms. The number of rotatable bonds is 15. The maximum absolute atomic E-state index is 13.6. The van der Waals surface area contributed by atoms with E-state index in [0.717, 1.165) is 0 Å².